The lowest BCUT2D eigenvalue weighted by atomic mass is 10.1. The van der Waals surface area contributed by atoms with Crippen LogP contribution in [0.5, 0.6) is 0 Å². The Morgan fingerprint density at radius 3 is 2.83 bits per heavy atom. The molecule has 1 aliphatic heterocycles. The van der Waals surface area contributed by atoms with Crippen molar-refractivity contribution in [2.45, 2.75) is 13.0 Å². The number of hydrogen-bond acceptors (Lipinski definition) is 3. The van der Waals surface area contributed by atoms with Crippen molar-refractivity contribution in [3.63, 3.8) is 0 Å². The Balaban J connectivity index is 2.38. The molecule has 0 aromatic heterocycles. The van der Waals surface area contributed by atoms with Crippen molar-refractivity contribution in [3.05, 3.63) is 29.6 Å². The molecule has 2 amide bonds. The van der Waals surface area contributed by atoms with Crippen LogP contribution in [0, 0.1) is 11.7 Å². The number of benzene rings is 1. The number of primary amides is 1. The molecule has 1 aliphatic rings. The molecule has 6 heteroatoms. The summed E-state index contributed by atoms with van der Waals surface area (Å²) in [6, 6.07) is 4.19. The van der Waals surface area contributed by atoms with Crippen LogP contribution in [0.15, 0.2) is 18.2 Å². The van der Waals surface area contributed by atoms with E-state index in [4.69, 9.17) is 10.8 Å². The molecule has 0 aliphatic carbocycles. The SMILES string of the molecule is NC(=O)C1CC(=O)N(c2c(F)cccc2CO)C1. The largest absolute Gasteiger partial charge is 0.392 e. The van der Waals surface area contributed by atoms with Crippen LogP contribution in [0.25, 0.3) is 0 Å². The average molecular weight is 252 g/mol. The number of nitrogens with zero attached hydrogens (tertiary/aromatic N) is 1. The molecule has 18 heavy (non-hydrogen) atoms. The third kappa shape index (κ3) is 2.06. The summed E-state index contributed by atoms with van der Waals surface area (Å²) in [5, 5.41) is 9.17. The van der Waals surface area contributed by atoms with Crippen molar-refractivity contribution in [3.8, 4) is 0 Å². The number of amides is 2. The number of carbonyl (C=O) groups is 2. The highest BCUT2D eigenvalue weighted by Gasteiger charge is 2.35. The van der Waals surface area contributed by atoms with Gasteiger partial charge in [-0.15, -0.1) is 0 Å². The van der Waals surface area contributed by atoms with Gasteiger partial charge in [-0.05, 0) is 6.07 Å². The Morgan fingerprint density at radius 1 is 1.56 bits per heavy atom. The summed E-state index contributed by atoms with van der Waals surface area (Å²) in [5.74, 6) is -2.14. The monoisotopic (exact) mass is 252 g/mol. The summed E-state index contributed by atoms with van der Waals surface area (Å²) >= 11 is 0. The molecule has 1 unspecified atom stereocenters. The second kappa shape index (κ2) is 4.73. The standard InChI is InChI=1S/C12H13FN2O3/c13-9-3-1-2-7(6-16)11(9)15-5-8(12(14)18)4-10(15)17/h1-3,8,16H,4-6H2,(H2,14,18). The summed E-state index contributed by atoms with van der Waals surface area (Å²) in [7, 11) is 0. The third-order valence-electron chi connectivity index (χ3n) is 3.04. The minimum absolute atomic E-state index is 0.0193. The van der Waals surface area contributed by atoms with Gasteiger partial charge in [-0.3, -0.25) is 9.59 Å². The Morgan fingerprint density at radius 2 is 2.28 bits per heavy atom. The van der Waals surface area contributed by atoms with E-state index in [1.165, 1.54) is 23.1 Å². The first-order valence-corrected chi connectivity index (χ1v) is 5.52. The van der Waals surface area contributed by atoms with Gasteiger partial charge in [0.15, 0.2) is 0 Å². The van der Waals surface area contributed by atoms with E-state index < -0.39 is 17.6 Å². The van der Waals surface area contributed by atoms with Crippen molar-refractivity contribution in [2.75, 3.05) is 11.4 Å². The van der Waals surface area contributed by atoms with Crippen LogP contribution in [-0.2, 0) is 16.2 Å². The third-order valence-corrected chi connectivity index (χ3v) is 3.04. The zero-order valence-electron chi connectivity index (χ0n) is 9.60. The first-order chi connectivity index (χ1) is 8.54. The molecule has 3 N–H and O–H groups in total. The van der Waals surface area contributed by atoms with Gasteiger partial charge in [-0.2, -0.15) is 0 Å². The molecule has 1 heterocycles. The molecule has 5 nitrogen and oxygen atoms in total. The number of halogens is 1. The fourth-order valence-electron chi connectivity index (χ4n) is 2.10. The van der Waals surface area contributed by atoms with Gasteiger partial charge in [0.05, 0.1) is 18.2 Å². The molecule has 1 atom stereocenters. The maximum Gasteiger partial charge on any atom is 0.227 e. The second-order valence-electron chi connectivity index (χ2n) is 4.21. The highest BCUT2D eigenvalue weighted by atomic mass is 19.1. The molecule has 0 bridgehead atoms. The first-order valence-electron chi connectivity index (χ1n) is 5.52. The first kappa shape index (κ1) is 12.5. The van der Waals surface area contributed by atoms with Crippen LogP contribution < -0.4 is 10.6 Å². The number of carbonyl (C=O) groups excluding carboxylic acids is 2. The summed E-state index contributed by atoms with van der Waals surface area (Å²) in [6.07, 6.45) is -0.0193. The Bertz CT molecular complexity index is 504. The van der Waals surface area contributed by atoms with Crippen molar-refractivity contribution in [1.82, 2.24) is 0 Å². The molecule has 96 valence electrons. The van der Waals surface area contributed by atoms with E-state index in [0.717, 1.165) is 0 Å². The number of aliphatic hydroxyl groups excluding tert-OH is 1. The molecular formula is C12H13FN2O3. The highest BCUT2D eigenvalue weighted by Crippen LogP contribution is 2.30. The van der Waals surface area contributed by atoms with Gasteiger partial charge in [-0.25, -0.2) is 4.39 Å². The van der Waals surface area contributed by atoms with E-state index in [0.29, 0.717) is 5.56 Å². The Labute approximate surface area is 103 Å². The van der Waals surface area contributed by atoms with Crippen LogP contribution in [-0.4, -0.2) is 23.5 Å². The molecule has 1 saturated heterocycles. The lowest BCUT2D eigenvalue weighted by Gasteiger charge is -2.20. The van der Waals surface area contributed by atoms with Crippen LogP contribution in [0.2, 0.25) is 0 Å². The topological polar surface area (TPSA) is 83.6 Å². The molecule has 0 saturated carbocycles. The van der Waals surface area contributed by atoms with Crippen molar-refractivity contribution >= 4 is 17.5 Å². The van der Waals surface area contributed by atoms with E-state index in [2.05, 4.69) is 0 Å². The van der Waals surface area contributed by atoms with E-state index in [1.54, 1.807) is 0 Å². The number of aliphatic hydroxyl groups is 1. The van der Waals surface area contributed by atoms with E-state index in [9.17, 15) is 14.0 Å². The number of rotatable bonds is 3. The average Bonchev–Trinajstić information content (AvgIpc) is 2.71. The predicted octanol–water partition coefficient (Wildman–Crippen LogP) is 0.156. The zero-order valence-corrected chi connectivity index (χ0v) is 9.60. The normalized spacial score (nSPS) is 19.3. The number of para-hydroxylation sites is 1. The summed E-state index contributed by atoms with van der Waals surface area (Å²) in [5.41, 5.74) is 5.50. The van der Waals surface area contributed by atoms with Gasteiger partial charge >= 0.3 is 0 Å². The fraction of sp³-hybridized carbons (Fsp3) is 0.333. The highest BCUT2D eigenvalue weighted by molar-refractivity contribution is 6.00. The van der Waals surface area contributed by atoms with Gasteiger partial charge in [0.2, 0.25) is 11.8 Å². The van der Waals surface area contributed by atoms with Crippen molar-refractivity contribution < 1.29 is 19.1 Å². The van der Waals surface area contributed by atoms with Crippen LogP contribution in [0.4, 0.5) is 10.1 Å². The lowest BCUT2D eigenvalue weighted by molar-refractivity contribution is -0.123. The quantitative estimate of drug-likeness (QED) is 0.803. The minimum atomic E-state index is -0.608. The molecule has 1 aromatic rings. The summed E-state index contributed by atoms with van der Waals surface area (Å²) < 4.78 is 13.8. The van der Waals surface area contributed by atoms with Gasteiger partial charge in [0.1, 0.15) is 5.82 Å². The minimum Gasteiger partial charge on any atom is -0.392 e. The predicted molar refractivity (Wildman–Crippen MR) is 62.0 cm³/mol. The maximum absolute atomic E-state index is 13.8. The number of nitrogens with two attached hydrogens (primary N) is 1. The smallest absolute Gasteiger partial charge is 0.227 e. The molecule has 1 aromatic carbocycles. The number of anilines is 1. The molecule has 1 fully saturated rings. The van der Waals surface area contributed by atoms with Gasteiger partial charge in [0, 0.05) is 18.5 Å². The van der Waals surface area contributed by atoms with Crippen LogP contribution in [0.3, 0.4) is 0 Å². The number of hydrogen-bond donors (Lipinski definition) is 2. The Kier molecular flexibility index (Phi) is 3.29. The molecule has 2 rings (SSSR count). The molecule has 0 spiro atoms. The van der Waals surface area contributed by atoms with Gasteiger partial charge < -0.3 is 15.7 Å². The van der Waals surface area contributed by atoms with E-state index in [-0.39, 0.29) is 31.2 Å². The van der Waals surface area contributed by atoms with Crippen LogP contribution >= 0.6 is 0 Å². The molecular weight excluding hydrogens is 239 g/mol. The van der Waals surface area contributed by atoms with Crippen molar-refractivity contribution in [1.29, 1.82) is 0 Å². The fourth-order valence-corrected chi connectivity index (χ4v) is 2.10. The Hall–Kier alpha value is -1.95. The molecule has 0 radical (unpaired) electrons. The summed E-state index contributed by atoms with van der Waals surface area (Å²) in [6.45, 7) is -0.319. The second-order valence-corrected chi connectivity index (χ2v) is 4.21. The maximum atomic E-state index is 13.8. The zero-order chi connectivity index (χ0) is 13.3. The van der Waals surface area contributed by atoms with Crippen molar-refractivity contribution in [2.24, 2.45) is 11.7 Å². The van der Waals surface area contributed by atoms with Gasteiger partial charge in [0.25, 0.3) is 0 Å². The van der Waals surface area contributed by atoms with Gasteiger partial charge in [-0.1, -0.05) is 12.1 Å². The lowest BCUT2D eigenvalue weighted by Crippen LogP contribution is -2.29. The van der Waals surface area contributed by atoms with Crippen LogP contribution in [0.1, 0.15) is 12.0 Å². The van der Waals surface area contributed by atoms with E-state index in [1.807, 2.05) is 0 Å². The summed E-state index contributed by atoms with van der Waals surface area (Å²) in [4.78, 5) is 24.0. The van der Waals surface area contributed by atoms with E-state index >= 15 is 0 Å².